The number of sulfonamides is 1. The third-order valence-corrected chi connectivity index (χ3v) is 4.83. The lowest BCUT2D eigenvalue weighted by Gasteiger charge is -2.14. The first-order valence-electron chi connectivity index (χ1n) is 7.63. The summed E-state index contributed by atoms with van der Waals surface area (Å²) in [5, 5.41) is 2.62. The highest BCUT2D eigenvalue weighted by atomic mass is 32.2. The van der Waals surface area contributed by atoms with Gasteiger partial charge in [-0.15, -0.1) is 6.58 Å². The molecule has 0 aliphatic rings. The van der Waals surface area contributed by atoms with E-state index in [4.69, 9.17) is 0 Å². The van der Waals surface area contributed by atoms with Crippen LogP contribution in [0.2, 0.25) is 0 Å². The molecule has 0 aliphatic heterocycles. The van der Waals surface area contributed by atoms with Gasteiger partial charge in [-0.25, -0.2) is 8.42 Å². The molecular weight excluding hydrogens is 338 g/mol. The Morgan fingerprint density at radius 3 is 2.44 bits per heavy atom. The summed E-state index contributed by atoms with van der Waals surface area (Å²) in [6.45, 7) is 3.84. The first kappa shape index (κ1) is 18.5. The maximum Gasteiger partial charge on any atom is 0.261 e. The normalized spacial score (nSPS) is 10.8. The van der Waals surface area contributed by atoms with Crippen molar-refractivity contribution < 1.29 is 13.2 Å². The lowest BCUT2D eigenvalue weighted by molar-refractivity contribution is 0.0958. The topological polar surface area (TPSA) is 78.5 Å². The maximum atomic E-state index is 12.5. The van der Waals surface area contributed by atoms with Crippen LogP contribution in [0.15, 0.2) is 66.1 Å². The Bertz CT molecular complexity index is 859. The molecule has 2 aromatic rings. The monoisotopic (exact) mass is 359 g/mol. The first-order chi connectivity index (χ1) is 11.8. The summed E-state index contributed by atoms with van der Waals surface area (Å²) in [4.78, 5) is 13.9. The Labute approximate surface area is 148 Å². The standard InChI is InChI=1S/C18H21N3O3S/c1-4-12-19-18(22)14-6-5-7-17(13-14)25(23,24)20-15-8-10-16(11-9-15)21(2)3/h4-11,13,20H,1,12H2,2-3H3,(H,19,22). The van der Waals surface area contributed by atoms with E-state index in [0.717, 1.165) is 5.69 Å². The molecule has 0 fully saturated rings. The molecule has 0 spiro atoms. The predicted molar refractivity (Wildman–Crippen MR) is 101 cm³/mol. The van der Waals surface area contributed by atoms with E-state index in [0.29, 0.717) is 12.2 Å². The van der Waals surface area contributed by atoms with Gasteiger partial charge in [0.25, 0.3) is 15.9 Å². The van der Waals surface area contributed by atoms with Crippen molar-refractivity contribution in [2.75, 3.05) is 30.3 Å². The largest absolute Gasteiger partial charge is 0.378 e. The van der Waals surface area contributed by atoms with E-state index in [-0.39, 0.29) is 16.4 Å². The van der Waals surface area contributed by atoms with Crippen LogP contribution in [0.3, 0.4) is 0 Å². The minimum Gasteiger partial charge on any atom is -0.378 e. The summed E-state index contributed by atoms with van der Waals surface area (Å²) in [5.41, 5.74) is 1.68. The smallest absolute Gasteiger partial charge is 0.261 e. The van der Waals surface area contributed by atoms with Crippen molar-refractivity contribution in [1.82, 2.24) is 5.32 Å². The summed E-state index contributed by atoms with van der Waals surface area (Å²) in [5.74, 6) is -0.354. The molecule has 132 valence electrons. The van der Waals surface area contributed by atoms with Gasteiger partial charge in [0.05, 0.1) is 4.90 Å². The van der Waals surface area contributed by atoms with Gasteiger partial charge in [0.2, 0.25) is 0 Å². The van der Waals surface area contributed by atoms with Crippen LogP contribution in [0.5, 0.6) is 0 Å². The fourth-order valence-electron chi connectivity index (χ4n) is 2.11. The van der Waals surface area contributed by atoms with Crippen LogP contribution in [0, 0.1) is 0 Å². The van der Waals surface area contributed by atoms with Gasteiger partial charge in [-0.2, -0.15) is 0 Å². The van der Waals surface area contributed by atoms with E-state index in [1.165, 1.54) is 18.2 Å². The van der Waals surface area contributed by atoms with E-state index in [1.807, 2.05) is 31.1 Å². The molecule has 2 aromatic carbocycles. The number of hydrogen-bond donors (Lipinski definition) is 2. The summed E-state index contributed by atoms with van der Waals surface area (Å²) < 4.78 is 27.6. The van der Waals surface area contributed by atoms with E-state index in [9.17, 15) is 13.2 Å². The van der Waals surface area contributed by atoms with Crippen LogP contribution in [0.1, 0.15) is 10.4 Å². The molecule has 0 aliphatic carbocycles. The number of anilines is 2. The van der Waals surface area contributed by atoms with E-state index >= 15 is 0 Å². The van der Waals surface area contributed by atoms with Crippen molar-refractivity contribution in [3.8, 4) is 0 Å². The first-order valence-corrected chi connectivity index (χ1v) is 9.11. The summed E-state index contributed by atoms with van der Waals surface area (Å²) in [6.07, 6.45) is 1.55. The van der Waals surface area contributed by atoms with Gasteiger partial charge in [-0.1, -0.05) is 12.1 Å². The summed E-state index contributed by atoms with van der Waals surface area (Å²) in [6, 6.07) is 12.9. The molecule has 0 radical (unpaired) electrons. The van der Waals surface area contributed by atoms with Crippen LogP contribution < -0.4 is 14.9 Å². The average molecular weight is 359 g/mol. The molecule has 0 aromatic heterocycles. The van der Waals surface area contributed by atoms with Gasteiger partial charge in [-0.05, 0) is 42.5 Å². The number of nitrogens with one attached hydrogen (secondary N) is 2. The van der Waals surface area contributed by atoms with Crippen molar-refractivity contribution >= 4 is 27.3 Å². The number of carbonyl (C=O) groups excluding carboxylic acids is 1. The van der Waals surface area contributed by atoms with Crippen LogP contribution in [0.4, 0.5) is 11.4 Å². The molecule has 0 bridgehead atoms. The van der Waals surface area contributed by atoms with Gasteiger partial charge >= 0.3 is 0 Å². The number of carbonyl (C=O) groups is 1. The Morgan fingerprint density at radius 1 is 1.16 bits per heavy atom. The summed E-state index contributed by atoms with van der Waals surface area (Å²) >= 11 is 0. The average Bonchev–Trinajstić information content (AvgIpc) is 2.60. The van der Waals surface area contributed by atoms with E-state index < -0.39 is 10.0 Å². The predicted octanol–water partition coefficient (Wildman–Crippen LogP) is 2.47. The van der Waals surface area contributed by atoms with E-state index in [1.54, 1.807) is 24.3 Å². The van der Waals surface area contributed by atoms with Crippen molar-refractivity contribution in [2.24, 2.45) is 0 Å². The Kier molecular flexibility index (Phi) is 5.82. The van der Waals surface area contributed by atoms with Crippen LogP contribution >= 0.6 is 0 Å². The highest BCUT2D eigenvalue weighted by Crippen LogP contribution is 2.20. The zero-order valence-corrected chi connectivity index (χ0v) is 15.0. The zero-order chi connectivity index (χ0) is 18.4. The van der Waals surface area contributed by atoms with Crippen LogP contribution in [-0.4, -0.2) is 35.0 Å². The Balaban J connectivity index is 2.21. The summed E-state index contributed by atoms with van der Waals surface area (Å²) in [7, 11) is 0.0230. The molecule has 2 N–H and O–H groups in total. The third kappa shape index (κ3) is 4.84. The minimum absolute atomic E-state index is 0.0236. The molecule has 1 amide bonds. The highest BCUT2D eigenvalue weighted by Gasteiger charge is 2.16. The Hall–Kier alpha value is -2.80. The lowest BCUT2D eigenvalue weighted by atomic mass is 10.2. The minimum atomic E-state index is -3.79. The molecule has 0 saturated carbocycles. The number of benzene rings is 2. The van der Waals surface area contributed by atoms with Gasteiger partial charge in [0, 0.05) is 37.6 Å². The fourth-order valence-corrected chi connectivity index (χ4v) is 3.22. The molecule has 2 rings (SSSR count). The van der Waals surface area contributed by atoms with Crippen LogP contribution in [-0.2, 0) is 10.0 Å². The number of rotatable bonds is 7. The second kappa shape index (κ2) is 7.85. The lowest BCUT2D eigenvalue weighted by Crippen LogP contribution is -2.23. The van der Waals surface area contributed by atoms with Crippen molar-refractivity contribution in [3.05, 3.63) is 66.7 Å². The zero-order valence-electron chi connectivity index (χ0n) is 14.2. The van der Waals surface area contributed by atoms with E-state index in [2.05, 4.69) is 16.6 Å². The molecular formula is C18H21N3O3S. The molecule has 7 heteroatoms. The highest BCUT2D eigenvalue weighted by molar-refractivity contribution is 7.92. The van der Waals surface area contributed by atoms with Crippen LogP contribution in [0.25, 0.3) is 0 Å². The van der Waals surface area contributed by atoms with Crippen molar-refractivity contribution in [2.45, 2.75) is 4.90 Å². The Morgan fingerprint density at radius 2 is 1.84 bits per heavy atom. The second-order valence-corrected chi connectivity index (χ2v) is 7.26. The molecule has 0 saturated heterocycles. The molecule has 0 heterocycles. The molecule has 6 nitrogen and oxygen atoms in total. The van der Waals surface area contributed by atoms with Gasteiger partial charge in [-0.3, -0.25) is 9.52 Å². The fraction of sp³-hybridized carbons (Fsp3) is 0.167. The van der Waals surface area contributed by atoms with Crippen molar-refractivity contribution in [1.29, 1.82) is 0 Å². The molecule has 0 unspecified atom stereocenters. The quantitative estimate of drug-likeness (QED) is 0.745. The van der Waals surface area contributed by atoms with Gasteiger partial charge in [0.15, 0.2) is 0 Å². The number of hydrogen-bond acceptors (Lipinski definition) is 4. The maximum absolute atomic E-state index is 12.5. The van der Waals surface area contributed by atoms with Crippen molar-refractivity contribution in [3.63, 3.8) is 0 Å². The third-order valence-electron chi connectivity index (χ3n) is 3.45. The number of nitrogens with zero attached hydrogens (tertiary/aromatic N) is 1. The SMILES string of the molecule is C=CCNC(=O)c1cccc(S(=O)(=O)Nc2ccc(N(C)C)cc2)c1. The molecule has 0 atom stereocenters. The second-order valence-electron chi connectivity index (χ2n) is 5.57. The van der Waals surface area contributed by atoms with Gasteiger partial charge in [0.1, 0.15) is 0 Å². The number of amides is 1. The molecule has 25 heavy (non-hydrogen) atoms. The van der Waals surface area contributed by atoms with Gasteiger partial charge < -0.3 is 10.2 Å².